The predicted molar refractivity (Wildman–Crippen MR) is 71.0 cm³/mol. The van der Waals surface area contributed by atoms with Gasteiger partial charge in [-0.2, -0.15) is 0 Å². The Kier molecular flexibility index (Phi) is 5.75. The first-order valence-electron chi connectivity index (χ1n) is 5.94. The number of hydrogen-bond acceptors (Lipinski definition) is 3. The third-order valence-corrected chi connectivity index (χ3v) is 2.82. The van der Waals surface area contributed by atoms with Crippen molar-refractivity contribution in [2.75, 3.05) is 6.54 Å². The van der Waals surface area contributed by atoms with Crippen molar-refractivity contribution in [2.24, 2.45) is 0 Å². The summed E-state index contributed by atoms with van der Waals surface area (Å²) in [7, 11) is 0. The summed E-state index contributed by atoms with van der Waals surface area (Å²) in [5.74, 6) is -3.65. The van der Waals surface area contributed by atoms with Gasteiger partial charge in [0, 0.05) is 12.6 Å². The van der Waals surface area contributed by atoms with E-state index in [1.54, 1.807) is 0 Å². The maximum absolute atomic E-state index is 9.10. The highest BCUT2D eigenvalue weighted by Gasteiger charge is 2.20. The summed E-state index contributed by atoms with van der Waals surface area (Å²) in [5, 5.41) is 18.3. The van der Waals surface area contributed by atoms with Crippen molar-refractivity contribution in [3.05, 3.63) is 48.0 Å². The summed E-state index contributed by atoms with van der Waals surface area (Å²) < 4.78 is 0. The van der Waals surface area contributed by atoms with Crippen LogP contribution in [-0.4, -0.2) is 28.7 Å². The van der Waals surface area contributed by atoms with Crippen LogP contribution in [0.2, 0.25) is 0 Å². The van der Waals surface area contributed by atoms with Gasteiger partial charge in [0.15, 0.2) is 0 Å². The Balaban J connectivity index is 0.000000258. The molecule has 1 atom stereocenters. The smallest absolute Gasteiger partial charge is 0.414 e. The molecule has 0 radical (unpaired) electrons. The second-order valence-electron chi connectivity index (χ2n) is 4.10. The number of carboxylic acid groups (broad SMARTS) is 2. The number of benzene rings is 1. The van der Waals surface area contributed by atoms with Crippen LogP contribution < -0.4 is 5.32 Å². The highest BCUT2D eigenvalue weighted by Crippen LogP contribution is 2.30. The molecule has 102 valence electrons. The van der Waals surface area contributed by atoms with E-state index in [2.05, 4.69) is 36.2 Å². The number of carbonyl (C=O) groups is 2. The molecule has 19 heavy (non-hydrogen) atoms. The minimum atomic E-state index is -1.82. The molecule has 1 aromatic carbocycles. The largest absolute Gasteiger partial charge is 0.473 e. The summed E-state index contributed by atoms with van der Waals surface area (Å²) in [6.07, 6.45) is 4.36. The number of rotatable bonds is 3. The van der Waals surface area contributed by atoms with Gasteiger partial charge in [0.05, 0.1) is 0 Å². The Morgan fingerprint density at radius 2 is 1.95 bits per heavy atom. The van der Waals surface area contributed by atoms with Gasteiger partial charge in [0.1, 0.15) is 0 Å². The van der Waals surface area contributed by atoms with Gasteiger partial charge in [0.2, 0.25) is 0 Å². The molecule has 2 rings (SSSR count). The second kappa shape index (κ2) is 7.33. The van der Waals surface area contributed by atoms with Gasteiger partial charge in [-0.3, -0.25) is 0 Å². The Bertz CT molecular complexity index is 458. The minimum absolute atomic E-state index is 0.550. The van der Waals surface area contributed by atoms with Gasteiger partial charge in [-0.15, -0.1) is 6.58 Å². The van der Waals surface area contributed by atoms with Gasteiger partial charge < -0.3 is 15.5 Å². The first-order valence-corrected chi connectivity index (χ1v) is 5.94. The number of carboxylic acids is 2. The minimum Gasteiger partial charge on any atom is -0.473 e. The van der Waals surface area contributed by atoms with Crippen LogP contribution in [0.15, 0.2) is 36.9 Å². The first-order chi connectivity index (χ1) is 9.06. The van der Waals surface area contributed by atoms with Crippen LogP contribution in [0, 0.1) is 0 Å². The standard InChI is InChI=1S/C12H15N.C2H2O4/c1-2-9-13-12-8-7-10-5-3-4-6-11(10)12;3-1(4)2(5)6/h2-6,12-13H,1,7-9H2;(H,3,4)(H,5,6). The van der Waals surface area contributed by atoms with E-state index >= 15 is 0 Å². The van der Waals surface area contributed by atoms with Crippen LogP contribution >= 0.6 is 0 Å². The number of fused-ring (bicyclic) bond motifs is 1. The van der Waals surface area contributed by atoms with Crippen molar-refractivity contribution in [1.82, 2.24) is 5.32 Å². The Morgan fingerprint density at radius 3 is 2.53 bits per heavy atom. The van der Waals surface area contributed by atoms with Crippen molar-refractivity contribution in [3.63, 3.8) is 0 Å². The summed E-state index contributed by atoms with van der Waals surface area (Å²) >= 11 is 0. The van der Waals surface area contributed by atoms with E-state index in [9.17, 15) is 0 Å². The van der Waals surface area contributed by atoms with E-state index in [4.69, 9.17) is 19.8 Å². The molecule has 5 heteroatoms. The zero-order valence-electron chi connectivity index (χ0n) is 10.5. The first kappa shape index (κ1) is 14.9. The number of aliphatic carboxylic acids is 2. The third kappa shape index (κ3) is 4.56. The highest BCUT2D eigenvalue weighted by molar-refractivity contribution is 6.27. The third-order valence-electron chi connectivity index (χ3n) is 2.82. The summed E-state index contributed by atoms with van der Waals surface area (Å²) in [6.45, 7) is 4.62. The van der Waals surface area contributed by atoms with Gasteiger partial charge in [0.25, 0.3) is 0 Å². The van der Waals surface area contributed by atoms with Crippen molar-refractivity contribution >= 4 is 11.9 Å². The zero-order chi connectivity index (χ0) is 14.3. The lowest BCUT2D eigenvalue weighted by Gasteiger charge is -2.11. The molecule has 0 aliphatic heterocycles. The van der Waals surface area contributed by atoms with Crippen molar-refractivity contribution in [2.45, 2.75) is 18.9 Å². The lowest BCUT2D eigenvalue weighted by atomic mass is 10.1. The average molecular weight is 263 g/mol. The molecule has 3 N–H and O–H groups in total. The maximum Gasteiger partial charge on any atom is 0.414 e. The maximum atomic E-state index is 9.10. The quantitative estimate of drug-likeness (QED) is 0.569. The fourth-order valence-electron chi connectivity index (χ4n) is 1.99. The summed E-state index contributed by atoms with van der Waals surface area (Å²) in [4.78, 5) is 18.2. The molecular formula is C14H17NO4. The summed E-state index contributed by atoms with van der Waals surface area (Å²) in [6, 6.07) is 9.24. The fraction of sp³-hybridized carbons (Fsp3) is 0.286. The Labute approximate surface area is 111 Å². The molecule has 1 aromatic rings. The molecule has 0 heterocycles. The Morgan fingerprint density at radius 1 is 1.32 bits per heavy atom. The molecule has 1 aliphatic rings. The average Bonchev–Trinajstić information content (AvgIpc) is 2.80. The van der Waals surface area contributed by atoms with Crippen LogP contribution in [-0.2, 0) is 16.0 Å². The van der Waals surface area contributed by atoms with E-state index in [1.807, 2.05) is 6.08 Å². The lowest BCUT2D eigenvalue weighted by molar-refractivity contribution is -0.159. The number of hydrogen-bond donors (Lipinski definition) is 3. The van der Waals surface area contributed by atoms with Crippen molar-refractivity contribution in [3.8, 4) is 0 Å². The van der Waals surface area contributed by atoms with Crippen LogP contribution in [0.5, 0.6) is 0 Å². The molecule has 1 unspecified atom stereocenters. The molecule has 0 aromatic heterocycles. The number of nitrogens with one attached hydrogen (secondary N) is 1. The molecule has 0 fully saturated rings. The van der Waals surface area contributed by atoms with Gasteiger partial charge in [-0.25, -0.2) is 9.59 Å². The molecular weight excluding hydrogens is 246 g/mol. The molecule has 0 saturated carbocycles. The van der Waals surface area contributed by atoms with E-state index in [1.165, 1.54) is 24.0 Å². The van der Waals surface area contributed by atoms with Crippen LogP contribution in [0.1, 0.15) is 23.6 Å². The highest BCUT2D eigenvalue weighted by atomic mass is 16.4. The molecule has 0 amide bonds. The molecule has 5 nitrogen and oxygen atoms in total. The van der Waals surface area contributed by atoms with Gasteiger partial charge >= 0.3 is 11.9 Å². The molecule has 0 bridgehead atoms. The normalized spacial score (nSPS) is 15.9. The second-order valence-corrected chi connectivity index (χ2v) is 4.10. The van der Waals surface area contributed by atoms with Crippen molar-refractivity contribution < 1.29 is 19.8 Å². The van der Waals surface area contributed by atoms with Gasteiger partial charge in [-0.1, -0.05) is 30.3 Å². The number of aryl methyl sites for hydroxylation is 1. The van der Waals surface area contributed by atoms with Crippen LogP contribution in [0.4, 0.5) is 0 Å². The SMILES string of the molecule is C=CCNC1CCc2ccccc21.O=C(O)C(=O)O. The van der Waals surface area contributed by atoms with E-state index < -0.39 is 11.9 Å². The fourth-order valence-corrected chi connectivity index (χ4v) is 1.99. The topological polar surface area (TPSA) is 86.6 Å². The van der Waals surface area contributed by atoms with E-state index in [-0.39, 0.29) is 0 Å². The lowest BCUT2D eigenvalue weighted by Crippen LogP contribution is -2.18. The molecule has 1 aliphatic carbocycles. The Hall–Kier alpha value is -2.14. The zero-order valence-corrected chi connectivity index (χ0v) is 10.5. The molecule has 0 spiro atoms. The monoisotopic (exact) mass is 263 g/mol. The summed E-state index contributed by atoms with van der Waals surface area (Å²) in [5.41, 5.74) is 2.98. The molecule has 0 saturated heterocycles. The van der Waals surface area contributed by atoms with Crippen molar-refractivity contribution in [1.29, 1.82) is 0 Å². The van der Waals surface area contributed by atoms with E-state index in [0.717, 1.165) is 6.54 Å². The van der Waals surface area contributed by atoms with Gasteiger partial charge in [-0.05, 0) is 24.0 Å². The van der Waals surface area contributed by atoms with Crippen LogP contribution in [0.3, 0.4) is 0 Å². The predicted octanol–water partition coefficient (Wildman–Crippen LogP) is 1.61. The van der Waals surface area contributed by atoms with E-state index in [0.29, 0.717) is 6.04 Å². The van der Waals surface area contributed by atoms with Crippen LogP contribution in [0.25, 0.3) is 0 Å².